The van der Waals surface area contributed by atoms with E-state index < -0.39 is 6.10 Å². The Morgan fingerprint density at radius 1 is 1.57 bits per heavy atom. The van der Waals surface area contributed by atoms with Crippen molar-refractivity contribution in [2.75, 3.05) is 6.61 Å². The molecular formula is C10H17NO2S. The molecule has 0 aliphatic carbocycles. The van der Waals surface area contributed by atoms with E-state index >= 15 is 0 Å². The number of ether oxygens (including phenoxy) is 1. The van der Waals surface area contributed by atoms with E-state index in [-0.39, 0.29) is 6.10 Å². The average molecular weight is 215 g/mol. The number of hydrogen-bond donors (Lipinski definition) is 1. The third kappa shape index (κ3) is 2.77. The first-order valence-electron chi connectivity index (χ1n) is 4.94. The highest BCUT2D eigenvalue weighted by atomic mass is 32.1. The lowest BCUT2D eigenvalue weighted by molar-refractivity contribution is 0.0596. The van der Waals surface area contributed by atoms with Crippen LogP contribution >= 0.6 is 11.3 Å². The van der Waals surface area contributed by atoms with Crippen molar-refractivity contribution in [3.05, 3.63) is 16.1 Å². The summed E-state index contributed by atoms with van der Waals surface area (Å²) in [4.78, 5) is 5.16. The van der Waals surface area contributed by atoms with Gasteiger partial charge in [-0.15, -0.1) is 11.3 Å². The molecule has 0 aliphatic rings. The maximum atomic E-state index is 9.35. The molecule has 2 unspecified atom stereocenters. The number of rotatable bonds is 5. The van der Waals surface area contributed by atoms with Gasteiger partial charge >= 0.3 is 0 Å². The third-order valence-corrected chi connectivity index (χ3v) is 3.23. The van der Waals surface area contributed by atoms with Gasteiger partial charge in [0.05, 0.1) is 11.0 Å². The normalized spacial score (nSPS) is 15.4. The number of thiazole rings is 1. The first-order chi connectivity index (χ1) is 6.69. The van der Waals surface area contributed by atoms with Crippen LogP contribution in [0, 0.1) is 0 Å². The standard InChI is InChI=1S/C10H17NO2S/c1-4-8(13-5-2)10-11-6-9(14-10)7(3)12/h6-8,12H,4-5H2,1-3H3. The van der Waals surface area contributed by atoms with Crippen LogP contribution in [0.15, 0.2) is 6.20 Å². The summed E-state index contributed by atoms with van der Waals surface area (Å²) in [5, 5.41) is 10.3. The summed E-state index contributed by atoms with van der Waals surface area (Å²) in [5.41, 5.74) is 0. The summed E-state index contributed by atoms with van der Waals surface area (Å²) in [5.74, 6) is 0. The fourth-order valence-electron chi connectivity index (χ4n) is 1.21. The highest BCUT2D eigenvalue weighted by Gasteiger charge is 2.15. The second-order valence-electron chi connectivity index (χ2n) is 3.13. The average Bonchev–Trinajstić information content (AvgIpc) is 2.63. The zero-order valence-electron chi connectivity index (χ0n) is 8.86. The van der Waals surface area contributed by atoms with E-state index in [4.69, 9.17) is 4.74 Å². The Morgan fingerprint density at radius 3 is 2.71 bits per heavy atom. The molecule has 0 bridgehead atoms. The zero-order valence-corrected chi connectivity index (χ0v) is 9.67. The molecule has 80 valence electrons. The quantitative estimate of drug-likeness (QED) is 0.821. The predicted octanol–water partition coefficient (Wildman–Crippen LogP) is 2.68. The summed E-state index contributed by atoms with van der Waals surface area (Å²) in [6.45, 7) is 6.50. The molecule has 1 aromatic heterocycles. The highest BCUT2D eigenvalue weighted by Crippen LogP contribution is 2.28. The van der Waals surface area contributed by atoms with E-state index in [1.807, 2.05) is 6.92 Å². The van der Waals surface area contributed by atoms with E-state index in [0.717, 1.165) is 16.3 Å². The molecule has 1 aromatic rings. The summed E-state index contributed by atoms with van der Waals surface area (Å²) >= 11 is 1.53. The Hall–Kier alpha value is -0.450. The molecule has 1 N–H and O–H groups in total. The zero-order chi connectivity index (χ0) is 10.6. The Labute approximate surface area is 88.8 Å². The van der Waals surface area contributed by atoms with Gasteiger partial charge in [-0.3, -0.25) is 0 Å². The molecule has 0 aliphatic heterocycles. The maximum absolute atomic E-state index is 9.35. The summed E-state index contributed by atoms with van der Waals surface area (Å²) in [6, 6.07) is 0. The van der Waals surface area contributed by atoms with Gasteiger partial charge in [0, 0.05) is 12.8 Å². The Kier molecular flexibility index (Phi) is 4.51. The van der Waals surface area contributed by atoms with Crippen LogP contribution in [-0.4, -0.2) is 16.7 Å². The van der Waals surface area contributed by atoms with Crippen LogP contribution < -0.4 is 0 Å². The minimum Gasteiger partial charge on any atom is -0.388 e. The van der Waals surface area contributed by atoms with Gasteiger partial charge in [0.25, 0.3) is 0 Å². The lowest BCUT2D eigenvalue weighted by Gasteiger charge is -2.11. The van der Waals surface area contributed by atoms with Gasteiger partial charge < -0.3 is 9.84 Å². The first kappa shape index (κ1) is 11.6. The first-order valence-corrected chi connectivity index (χ1v) is 5.75. The molecule has 2 atom stereocenters. The van der Waals surface area contributed by atoms with Crippen molar-refractivity contribution < 1.29 is 9.84 Å². The van der Waals surface area contributed by atoms with Gasteiger partial charge in [0.15, 0.2) is 0 Å². The molecule has 0 fully saturated rings. The number of aliphatic hydroxyl groups excluding tert-OH is 1. The molecule has 4 heteroatoms. The number of aliphatic hydroxyl groups is 1. The van der Waals surface area contributed by atoms with Crippen LogP contribution in [0.3, 0.4) is 0 Å². The van der Waals surface area contributed by atoms with Gasteiger partial charge in [0.1, 0.15) is 11.1 Å². The molecule has 0 spiro atoms. The molecule has 14 heavy (non-hydrogen) atoms. The SMILES string of the molecule is CCOC(CC)c1ncc(C(C)O)s1. The molecule has 1 heterocycles. The van der Waals surface area contributed by atoms with E-state index in [9.17, 15) is 5.11 Å². The van der Waals surface area contributed by atoms with Gasteiger partial charge in [0.2, 0.25) is 0 Å². The molecule has 0 amide bonds. The maximum Gasteiger partial charge on any atom is 0.122 e. The lowest BCUT2D eigenvalue weighted by atomic mass is 10.3. The molecular weight excluding hydrogens is 198 g/mol. The van der Waals surface area contributed by atoms with Crippen LogP contribution in [0.1, 0.15) is 49.3 Å². The van der Waals surface area contributed by atoms with Crippen LogP contribution in [-0.2, 0) is 4.74 Å². The molecule has 3 nitrogen and oxygen atoms in total. The molecule has 0 radical (unpaired) electrons. The van der Waals surface area contributed by atoms with Crippen molar-refractivity contribution in [2.45, 2.75) is 39.4 Å². The van der Waals surface area contributed by atoms with Crippen molar-refractivity contribution in [2.24, 2.45) is 0 Å². The molecule has 0 saturated heterocycles. The van der Waals surface area contributed by atoms with E-state index in [2.05, 4.69) is 11.9 Å². The lowest BCUT2D eigenvalue weighted by Crippen LogP contribution is -2.01. The van der Waals surface area contributed by atoms with E-state index in [1.165, 1.54) is 11.3 Å². The summed E-state index contributed by atoms with van der Waals surface area (Å²) in [7, 11) is 0. The molecule has 0 saturated carbocycles. The monoisotopic (exact) mass is 215 g/mol. The van der Waals surface area contributed by atoms with Crippen molar-refractivity contribution in [3.8, 4) is 0 Å². The van der Waals surface area contributed by atoms with Crippen LogP contribution in [0.2, 0.25) is 0 Å². The molecule has 1 rings (SSSR count). The van der Waals surface area contributed by atoms with Crippen molar-refractivity contribution in [1.82, 2.24) is 4.98 Å². The number of hydrogen-bond acceptors (Lipinski definition) is 4. The summed E-state index contributed by atoms with van der Waals surface area (Å²) < 4.78 is 5.54. The van der Waals surface area contributed by atoms with Crippen LogP contribution in [0.25, 0.3) is 0 Å². The van der Waals surface area contributed by atoms with Crippen LogP contribution in [0.5, 0.6) is 0 Å². The van der Waals surface area contributed by atoms with Gasteiger partial charge in [-0.05, 0) is 20.3 Å². The van der Waals surface area contributed by atoms with Gasteiger partial charge in [-0.2, -0.15) is 0 Å². The minimum atomic E-state index is -0.430. The second kappa shape index (κ2) is 5.44. The Morgan fingerprint density at radius 2 is 2.29 bits per heavy atom. The van der Waals surface area contributed by atoms with E-state index in [0.29, 0.717) is 6.61 Å². The predicted molar refractivity (Wildman–Crippen MR) is 57.4 cm³/mol. The topological polar surface area (TPSA) is 42.4 Å². The van der Waals surface area contributed by atoms with Gasteiger partial charge in [-0.25, -0.2) is 4.98 Å². The smallest absolute Gasteiger partial charge is 0.122 e. The van der Waals surface area contributed by atoms with Crippen molar-refractivity contribution in [1.29, 1.82) is 0 Å². The minimum absolute atomic E-state index is 0.0810. The third-order valence-electron chi connectivity index (χ3n) is 1.97. The van der Waals surface area contributed by atoms with Crippen molar-refractivity contribution in [3.63, 3.8) is 0 Å². The highest BCUT2D eigenvalue weighted by molar-refractivity contribution is 7.11. The molecule has 0 aromatic carbocycles. The second-order valence-corrected chi connectivity index (χ2v) is 4.22. The fourth-order valence-corrected chi connectivity index (χ4v) is 2.20. The largest absolute Gasteiger partial charge is 0.388 e. The fraction of sp³-hybridized carbons (Fsp3) is 0.700. The van der Waals surface area contributed by atoms with Crippen LogP contribution in [0.4, 0.5) is 0 Å². The van der Waals surface area contributed by atoms with Gasteiger partial charge in [-0.1, -0.05) is 6.92 Å². The number of aromatic nitrogens is 1. The summed E-state index contributed by atoms with van der Waals surface area (Å²) in [6.07, 6.45) is 2.30. The Bertz CT molecular complexity index is 273. The van der Waals surface area contributed by atoms with E-state index in [1.54, 1.807) is 13.1 Å². The van der Waals surface area contributed by atoms with Crippen molar-refractivity contribution >= 4 is 11.3 Å². The number of nitrogens with zero attached hydrogens (tertiary/aromatic N) is 1. The Balaban J connectivity index is 2.73.